The van der Waals surface area contributed by atoms with Crippen molar-refractivity contribution < 1.29 is 0 Å². The van der Waals surface area contributed by atoms with Gasteiger partial charge in [-0.15, -0.1) is 0 Å². The number of anilines is 1. The second-order valence-corrected chi connectivity index (χ2v) is 5.68. The molecular formula is C17H15N5O2. The Kier molecular flexibility index (Phi) is 3.19. The van der Waals surface area contributed by atoms with E-state index in [1.807, 2.05) is 37.3 Å². The van der Waals surface area contributed by atoms with Gasteiger partial charge in [-0.25, -0.2) is 9.78 Å². The van der Waals surface area contributed by atoms with Crippen LogP contribution in [0.5, 0.6) is 0 Å². The summed E-state index contributed by atoms with van der Waals surface area (Å²) in [4.78, 5) is 36.1. The van der Waals surface area contributed by atoms with Crippen LogP contribution in [0.15, 0.2) is 52.1 Å². The first kappa shape index (κ1) is 14.3. The summed E-state index contributed by atoms with van der Waals surface area (Å²) in [7, 11) is 0. The number of benzene rings is 2. The molecule has 0 saturated heterocycles. The second-order valence-electron chi connectivity index (χ2n) is 5.68. The molecule has 7 nitrogen and oxygen atoms in total. The summed E-state index contributed by atoms with van der Waals surface area (Å²) >= 11 is 0. The van der Waals surface area contributed by atoms with E-state index in [4.69, 9.17) is 0 Å². The number of imidazole rings is 1. The predicted octanol–water partition coefficient (Wildman–Crippen LogP) is 2.27. The molecule has 0 unspecified atom stereocenters. The maximum Gasteiger partial charge on any atom is 0.323 e. The Morgan fingerprint density at radius 2 is 1.79 bits per heavy atom. The van der Waals surface area contributed by atoms with Crippen molar-refractivity contribution in [3.05, 3.63) is 68.9 Å². The molecule has 0 amide bonds. The molecule has 0 bridgehead atoms. The molecule has 0 fully saturated rings. The van der Waals surface area contributed by atoms with Crippen LogP contribution < -0.4 is 16.6 Å². The average molecular weight is 321 g/mol. The summed E-state index contributed by atoms with van der Waals surface area (Å²) in [5.74, 6) is 0.411. The van der Waals surface area contributed by atoms with E-state index in [0.29, 0.717) is 16.9 Å². The van der Waals surface area contributed by atoms with E-state index < -0.39 is 0 Å². The van der Waals surface area contributed by atoms with Crippen molar-refractivity contribution >= 4 is 27.9 Å². The van der Waals surface area contributed by atoms with Crippen LogP contribution in [-0.4, -0.2) is 19.9 Å². The van der Waals surface area contributed by atoms with Gasteiger partial charge in [0.25, 0.3) is 5.56 Å². The summed E-state index contributed by atoms with van der Waals surface area (Å²) in [5.41, 5.74) is 2.69. The number of nitrogens with zero attached hydrogens (tertiary/aromatic N) is 1. The molecule has 4 rings (SSSR count). The number of para-hydroxylation sites is 1. The molecule has 4 aromatic rings. The second kappa shape index (κ2) is 5.38. The molecule has 1 atom stereocenters. The maximum absolute atomic E-state index is 12.1. The third-order valence-electron chi connectivity index (χ3n) is 4.01. The van der Waals surface area contributed by atoms with E-state index >= 15 is 0 Å². The van der Waals surface area contributed by atoms with Crippen molar-refractivity contribution in [1.29, 1.82) is 0 Å². The van der Waals surface area contributed by atoms with Crippen LogP contribution in [0.4, 0.5) is 5.95 Å². The molecule has 0 aliphatic carbocycles. The standard InChI is InChI=1S/C17H15N5O2/c1-9(10-6-7-13-14(8-10)21-17(24)20-13)18-16-19-12-5-3-2-4-11(12)15(23)22-16/h2-9H,1H3,(H2,20,21,24)(H2,18,19,22,23)/t9-/m0/s1. The molecular weight excluding hydrogens is 306 g/mol. The fourth-order valence-electron chi connectivity index (χ4n) is 2.76. The predicted molar refractivity (Wildman–Crippen MR) is 93.3 cm³/mol. The molecule has 0 radical (unpaired) electrons. The van der Waals surface area contributed by atoms with Gasteiger partial charge in [0.05, 0.1) is 28.0 Å². The van der Waals surface area contributed by atoms with Crippen molar-refractivity contribution in [3.63, 3.8) is 0 Å². The minimum atomic E-state index is -0.233. The number of hydrogen-bond donors (Lipinski definition) is 4. The molecule has 4 N–H and O–H groups in total. The normalized spacial score (nSPS) is 12.5. The van der Waals surface area contributed by atoms with Gasteiger partial charge in [-0.2, -0.15) is 0 Å². The van der Waals surface area contributed by atoms with Crippen LogP contribution in [0, 0.1) is 0 Å². The topological polar surface area (TPSA) is 106 Å². The lowest BCUT2D eigenvalue weighted by Crippen LogP contribution is -2.15. The first-order valence-corrected chi connectivity index (χ1v) is 7.58. The maximum atomic E-state index is 12.1. The van der Waals surface area contributed by atoms with Gasteiger partial charge < -0.3 is 15.3 Å². The van der Waals surface area contributed by atoms with Crippen LogP contribution >= 0.6 is 0 Å². The first-order valence-electron chi connectivity index (χ1n) is 7.58. The van der Waals surface area contributed by atoms with Gasteiger partial charge in [0, 0.05) is 0 Å². The summed E-state index contributed by atoms with van der Waals surface area (Å²) in [6.07, 6.45) is 0. The van der Waals surface area contributed by atoms with E-state index in [-0.39, 0.29) is 17.3 Å². The molecule has 0 spiro atoms. The summed E-state index contributed by atoms with van der Waals surface area (Å²) in [5, 5.41) is 3.75. The lowest BCUT2D eigenvalue weighted by Gasteiger charge is -2.15. The van der Waals surface area contributed by atoms with Crippen LogP contribution in [0.25, 0.3) is 21.9 Å². The first-order chi connectivity index (χ1) is 11.6. The van der Waals surface area contributed by atoms with Crippen LogP contribution in [0.1, 0.15) is 18.5 Å². The van der Waals surface area contributed by atoms with E-state index in [2.05, 4.69) is 25.3 Å². The Bertz CT molecular complexity index is 1150. The number of hydrogen-bond acceptors (Lipinski definition) is 4. The zero-order valence-electron chi connectivity index (χ0n) is 12.9. The molecule has 2 heterocycles. The Hall–Kier alpha value is -3.35. The molecule has 2 aromatic carbocycles. The highest BCUT2D eigenvalue weighted by molar-refractivity contribution is 5.78. The van der Waals surface area contributed by atoms with Crippen LogP contribution in [-0.2, 0) is 0 Å². The van der Waals surface area contributed by atoms with Gasteiger partial charge in [0.2, 0.25) is 5.95 Å². The minimum Gasteiger partial charge on any atom is -0.349 e. The van der Waals surface area contributed by atoms with Crippen molar-refractivity contribution in [2.24, 2.45) is 0 Å². The molecule has 120 valence electrons. The smallest absolute Gasteiger partial charge is 0.323 e. The van der Waals surface area contributed by atoms with Crippen LogP contribution in [0.3, 0.4) is 0 Å². The van der Waals surface area contributed by atoms with Crippen molar-refractivity contribution in [3.8, 4) is 0 Å². The van der Waals surface area contributed by atoms with Gasteiger partial charge in [-0.3, -0.25) is 9.78 Å². The average Bonchev–Trinajstić information content (AvgIpc) is 2.94. The van der Waals surface area contributed by atoms with E-state index in [0.717, 1.165) is 16.6 Å². The number of aromatic amines is 3. The van der Waals surface area contributed by atoms with Gasteiger partial charge in [0.15, 0.2) is 0 Å². The van der Waals surface area contributed by atoms with Gasteiger partial charge in [-0.05, 0) is 36.8 Å². The van der Waals surface area contributed by atoms with E-state index in [1.165, 1.54) is 0 Å². The van der Waals surface area contributed by atoms with Gasteiger partial charge >= 0.3 is 5.69 Å². The van der Waals surface area contributed by atoms with Crippen molar-refractivity contribution in [2.75, 3.05) is 5.32 Å². The quantitative estimate of drug-likeness (QED) is 0.464. The monoisotopic (exact) mass is 321 g/mol. The highest BCUT2D eigenvalue weighted by atomic mass is 16.1. The highest BCUT2D eigenvalue weighted by Gasteiger charge is 2.10. The lowest BCUT2D eigenvalue weighted by atomic mass is 10.1. The number of rotatable bonds is 3. The molecule has 0 aliphatic rings. The van der Waals surface area contributed by atoms with Crippen molar-refractivity contribution in [1.82, 2.24) is 19.9 Å². The molecule has 2 aromatic heterocycles. The Morgan fingerprint density at radius 3 is 2.67 bits per heavy atom. The summed E-state index contributed by atoms with van der Waals surface area (Å²) in [6, 6.07) is 12.8. The Labute approximate surface area is 135 Å². The number of H-pyrrole nitrogens is 3. The fraction of sp³-hybridized carbons (Fsp3) is 0.118. The van der Waals surface area contributed by atoms with Gasteiger partial charge in [-0.1, -0.05) is 18.2 Å². The summed E-state index contributed by atoms with van der Waals surface area (Å²) in [6.45, 7) is 1.96. The molecule has 24 heavy (non-hydrogen) atoms. The van der Waals surface area contributed by atoms with Crippen molar-refractivity contribution in [2.45, 2.75) is 13.0 Å². The summed E-state index contributed by atoms with van der Waals surface area (Å²) < 4.78 is 0. The molecule has 0 aliphatic heterocycles. The third kappa shape index (κ3) is 2.45. The molecule has 7 heteroatoms. The fourth-order valence-corrected chi connectivity index (χ4v) is 2.76. The number of fused-ring (bicyclic) bond motifs is 2. The number of nitrogens with one attached hydrogen (secondary N) is 4. The molecule has 0 saturated carbocycles. The Morgan fingerprint density at radius 1 is 1.00 bits per heavy atom. The van der Waals surface area contributed by atoms with Gasteiger partial charge in [0.1, 0.15) is 0 Å². The lowest BCUT2D eigenvalue weighted by molar-refractivity contribution is 0.862. The van der Waals surface area contributed by atoms with E-state index in [1.54, 1.807) is 12.1 Å². The zero-order valence-corrected chi connectivity index (χ0v) is 12.9. The number of aromatic nitrogens is 4. The largest absolute Gasteiger partial charge is 0.349 e. The van der Waals surface area contributed by atoms with E-state index in [9.17, 15) is 9.59 Å². The SMILES string of the molecule is C[C@H](Nc1nc2ccccc2c(=O)[nH]1)c1ccc2[nH]c(=O)[nH]c2c1. The van der Waals surface area contributed by atoms with Crippen LogP contribution in [0.2, 0.25) is 0 Å². The highest BCUT2D eigenvalue weighted by Crippen LogP contribution is 2.20. The third-order valence-corrected chi connectivity index (χ3v) is 4.01. The Balaban J connectivity index is 1.68. The minimum absolute atomic E-state index is 0.0999. The zero-order chi connectivity index (χ0) is 16.7.